The molecule has 6 nitrogen and oxygen atoms in total. The van der Waals surface area contributed by atoms with Crippen LogP contribution >= 0.6 is 0 Å². The first-order chi connectivity index (χ1) is 12.3. The van der Waals surface area contributed by atoms with Crippen LogP contribution in [0.5, 0.6) is 0 Å². The highest BCUT2D eigenvalue weighted by atomic mass is 32.2. The normalized spacial score (nSPS) is 19.6. The number of sulfonamides is 1. The maximum Gasteiger partial charge on any atom is 0.243 e. The average molecular weight is 381 g/mol. The van der Waals surface area contributed by atoms with E-state index in [9.17, 15) is 8.42 Å². The topological polar surface area (TPSA) is 73.8 Å². The van der Waals surface area contributed by atoms with Gasteiger partial charge in [0.25, 0.3) is 0 Å². The van der Waals surface area contributed by atoms with Crippen molar-refractivity contribution in [1.29, 1.82) is 0 Å². The number of nitrogens with zero attached hydrogens (tertiary/aromatic N) is 2. The van der Waals surface area contributed by atoms with E-state index in [0.717, 1.165) is 30.9 Å². The molecule has 2 N–H and O–H groups in total. The van der Waals surface area contributed by atoms with E-state index in [1.165, 1.54) is 0 Å². The van der Waals surface area contributed by atoms with Crippen molar-refractivity contribution in [3.63, 3.8) is 0 Å². The van der Waals surface area contributed by atoms with Gasteiger partial charge in [-0.15, -0.1) is 0 Å². The van der Waals surface area contributed by atoms with E-state index in [0.29, 0.717) is 36.4 Å². The molecule has 1 aromatic carbocycles. The minimum absolute atomic E-state index is 0.373. The van der Waals surface area contributed by atoms with Crippen molar-refractivity contribution >= 4 is 16.0 Å². The van der Waals surface area contributed by atoms with E-state index >= 15 is 0 Å². The van der Waals surface area contributed by atoms with E-state index in [1.54, 1.807) is 23.5 Å². The van der Waals surface area contributed by atoms with Gasteiger partial charge in [-0.3, -0.25) is 4.99 Å². The third-order valence-corrected chi connectivity index (χ3v) is 6.42. The SMILES string of the molecule is CN=C(NCc1ccc(S(=O)(=O)N2CCCC(C)C2)cc1)NCC(C)C. The number of hydrogen-bond acceptors (Lipinski definition) is 3. The highest BCUT2D eigenvalue weighted by molar-refractivity contribution is 7.89. The van der Waals surface area contributed by atoms with Crippen molar-refractivity contribution in [2.45, 2.75) is 45.1 Å². The Morgan fingerprint density at radius 1 is 1.27 bits per heavy atom. The summed E-state index contributed by atoms with van der Waals surface area (Å²) in [5, 5.41) is 6.51. The summed E-state index contributed by atoms with van der Waals surface area (Å²) in [4.78, 5) is 4.56. The van der Waals surface area contributed by atoms with Crippen LogP contribution in [0, 0.1) is 11.8 Å². The number of piperidine rings is 1. The maximum atomic E-state index is 12.8. The molecule has 7 heteroatoms. The third-order valence-electron chi connectivity index (χ3n) is 4.54. The van der Waals surface area contributed by atoms with Gasteiger partial charge in [-0.25, -0.2) is 8.42 Å². The van der Waals surface area contributed by atoms with Crippen LogP contribution in [0.15, 0.2) is 34.2 Å². The van der Waals surface area contributed by atoms with Gasteiger partial charge >= 0.3 is 0 Å². The Labute approximate surface area is 158 Å². The Kier molecular flexibility index (Phi) is 7.46. The molecular weight excluding hydrogens is 348 g/mol. The molecule has 0 saturated carbocycles. The number of guanidine groups is 1. The molecule has 1 atom stereocenters. The van der Waals surface area contributed by atoms with E-state index in [1.807, 2.05) is 12.1 Å². The fourth-order valence-corrected chi connectivity index (χ4v) is 4.60. The Morgan fingerprint density at radius 2 is 1.96 bits per heavy atom. The summed E-state index contributed by atoms with van der Waals surface area (Å²) in [5.41, 5.74) is 1.02. The molecule has 0 bridgehead atoms. The van der Waals surface area contributed by atoms with Crippen molar-refractivity contribution in [2.75, 3.05) is 26.7 Å². The van der Waals surface area contributed by atoms with Gasteiger partial charge in [-0.2, -0.15) is 4.31 Å². The second-order valence-corrected chi connectivity index (χ2v) is 9.39. The molecule has 1 unspecified atom stereocenters. The minimum Gasteiger partial charge on any atom is -0.356 e. The van der Waals surface area contributed by atoms with Gasteiger partial charge in [-0.1, -0.05) is 32.9 Å². The van der Waals surface area contributed by atoms with Gasteiger partial charge in [0, 0.05) is 33.2 Å². The molecule has 0 aliphatic carbocycles. The summed E-state index contributed by atoms with van der Waals surface area (Å²) in [6.07, 6.45) is 2.04. The summed E-state index contributed by atoms with van der Waals surface area (Å²) < 4.78 is 27.2. The zero-order valence-corrected chi connectivity index (χ0v) is 17.1. The van der Waals surface area contributed by atoms with Crippen molar-refractivity contribution in [2.24, 2.45) is 16.8 Å². The second-order valence-electron chi connectivity index (χ2n) is 7.45. The fraction of sp³-hybridized carbons (Fsp3) is 0.632. The highest BCUT2D eigenvalue weighted by Crippen LogP contribution is 2.23. The van der Waals surface area contributed by atoms with Crippen LogP contribution in [0.4, 0.5) is 0 Å². The molecule has 1 aromatic rings. The summed E-state index contributed by atoms with van der Waals surface area (Å²) in [5.74, 6) is 1.71. The predicted molar refractivity (Wildman–Crippen MR) is 107 cm³/mol. The quantitative estimate of drug-likeness (QED) is 0.587. The number of hydrogen-bond donors (Lipinski definition) is 2. The zero-order valence-electron chi connectivity index (χ0n) is 16.3. The first-order valence-corrected chi connectivity index (χ1v) is 10.8. The van der Waals surface area contributed by atoms with Gasteiger partial charge in [0.05, 0.1) is 4.90 Å². The van der Waals surface area contributed by atoms with E-state index in [4.69, 9.17) is 0 Å². The van der Waals surface area contributed by atoms with Crippen LogP contribution in [-0.2, 0) is 16.6 Å². The lowest BCUT2D eigenvalue weighted by Crippen LogP contribution is -2.39. The number of aliphatic imine (C=N–C) groups is 1. The second kappa shape index (κ2) is 9.37. The van der Waals surface area contributed by atoms with Crippen LogP contribution in [0.3, 0.4) is 0 Å². The molecule has 0 spiro atoms. The summed E-state index contributed by atoms with van der Waals surface area (Å²) in [6.45, 7) is 9.07. The van der Waals surface area contributed by atoms with Crippen LogP contribution in [-0.4, -0.2) is 45.4 Å². The van der Waals surface area contributed by atoms with Gasteiger partial charge in [0.1, 0.15) is 0 Å². The molecule has 1 aliphatic heterocycles. The maximum absolute atomic E-state index is 12.8. The number of nitrogens with one attached hydrogen (secondary N) is 2. The molecule has 1 saturated heterocycles. The Hall–Kier alpha value is -1.60. The molecule has 2 rings (SSSR count). The van der Waals surface area contributed by atoms with Crippen molar-refractivity contribution in [1.82, 2.24) is 14.9 Å². The van der Waals surface area contributed by atoms with Gasteiger partial charge in [0.2, 0.25) is 10.0 Å². The standard InChI is InChI=1S/C19H32N4O2S/c1-15(2)12-21-19(20-4)22-13-17-7-9-18(10-8-17)26(24,25)23-11-5-6-16(3)14-23/h7-10,15-16H,5-6,11-14H2,1-4H3,(H2,20,21,22). The van der Waals surface area contributed by atoms with Crippen LogP contribution < -0.4 is 10.6 Å². The Bertz CT molecular complexity index is 699. The fourth-order valence-electron chi connectivity index (χ4n) is 3.00. The summed E-state index contributed by atoms with van der Waals surface area (Å²) in [7, 11) is -1.65. The lowest BCUT2D eigenvalue weighted by atomic mass is 10.0. The predicted octanol–water partition coefficient (Wildman–Crippen LogP) is 2.43. The molecule has 0 amide bonds. The minimum atomic E-state index is -3.39. The zero-order chi connectivity index (χ0) is 19.2. The average Bonchev–Trinajstić information content (AvgIpc) is 2.62. The Morgan fingerprint density at radius 3 is 2.54 bits per heavy atom. The molecular formula is C19H32N4O2S. The summed E-state index contributed by atoms with van der Waals surface area (Å²) in [6, 6.07) is 7.14. The van der Waals surface area contributed by atoms with E-state index in [2.05, 4.69) is 36.4 Å². The monoisotopic (exact) mass is 380 g/mol. The number of benzene rings is 1. The smallest absolute Gasteiger partial charge is 0.243 e. The van der Waals surface area contributed by atoms with Crippen molar-refractivity contribution < 1.29 is 8.42 Å². The largest absolute Gasteiger partial charge is 0.356 e. The molecule has 0 radical (unpaired) electrons. The Balaban J connectivity index is 1.97. The molecule has 0 aromatic heterocycles. The third kappa shape index (κ3) is 5.71. The molecule has 146 valence electrons. The van der Waals surface area contributed by atoms with Crippen LogP contribution in [0.2, 0.25) is 0 Å². The first-order valence-electron chi connectivity index (χ1n) is 9.36. The first kappa shape index (κ1) is 20.7. The van der Waals surface area contributed by atoms with Crippen LogP contribution in [0.25, 0.3) is 0 Å². The molecule has 1 fully saturated rings. The molecule has 1 heterocycles. The lowest BCUT2D eigenvalue weighted by Gasteiger charge is -2.30. The highest BCUT2D eigenvalue weighted by Gasteiger charge is 2.28. The van der Waals surface area contributed by atoms with E-state index < -0.39 is 10.0 Å². The van der Waals surface area contributed by atoms with Gasteiger partial charge in [-0.05, 0) is 42.4 Å². The van der Waals surface area contributed by atoms with Gasteiger partial charge < -0.3 is 10.6 Å². The van der Waals surface area contributed by atoms with Gasteiger partial charge in [0.15, 0.2) is 5.96 Å². The molecule has 1 aliphatic rings. The van der Waals surface area contributed by atoms with Crippen molar-refractivity contribution in [3.05, 3.63) is 29.8 Å². The van der Waals surface area contributed by atoms with Crippen molar-refractivity contribution in [3.8, 4) is 0 Å². The van der Waals surface area contributed by atoms with E-state index in [-0.39, 0.29) is 0 Å². The lowest BCUT2D eigenvalue weighted by molar-refractivity contribution is 0.281. The number of rotatable bonds is 6. The molecule has 26 heavy (non-hydrogen) atoms. The van der Waals surface area contributed by atoms with Crippen LogP contribution in [0.1, 0.15) is 39.2 Å². The summed E-state index contributed by atoms with van der Waals surface area (Å²) >= 11 is 0.